The van der Waals surface area contributed by atoms with Crippen LogP contribution in [0.1, 0.15) is 18.9 Å². The number of H-pyrrole nitrogens is 1. The number of halogens is 1. The number of fused-ring (bicyclic) bond motifs is 1. The molecule has 0 radical (unpaired) electrons. The number of aromatic amines is 1. The summed E-state index contributed by atoms with van der Waals surface area (Å²) in [4.78, 5) is 0. The Morgan fingerprint density at radius 1 is 1.50 bits per heavy atom. The van der Waals surface area contributed by atoms with Crippen LogP contribution in [0.2, 0.25) is 0 Å². The average Bonchev–Trinajstić information content (AvgIpc) is 2.49. The third-order valence-corrected chi connectivity index (χ3v) is 2.88. The highest BCUT2D eigenvalue weighted by atomic mass is 79.9. The Morgan fingerprint density at radius 3 is 3.00 bits per heavy atom. The molecule has 0 unspecified atom stereocenters. The first-order chi connectivity index (χ1) is 6.72. The summed E-state index contributed by atoms with van der Waals surface area (Å²) in [6, 6.07) is 4.21. The standard InChI is InChI=1S/C10H12BrN3/c1-2-3-6-4-7-9(8(11)5-6)13-14-10(7)12/h4-5H,2-3H2,1H3,(H3,12,13,14). The molecular weight excluding hydrogens is 242 g/mol. The van der Waals surface area contributed by atoms with E-state index in [2.05, 4.69) is 45.2 Å². The zero-order valence-electron chi connectivity index (χ0n) is 7.97. The number of nitrogens with zero attached hydrogens (tertiary/aromatic N) is 1. The van der Waals surface area contributed by atoms with E-state index < -0.39 is 0 Å². The number of anilines is 1. The van der Waals surface area contributed by atoms with Gasteiger partial charge in [-0.2, -0.15) is 5.10 Å². The first-order valence-electron chi connectivity index (χ1n) is 4.64. The van der Waals surface area contributed by atoms with Gasteiger partial charge in [0.15, 0.2) is 5.82 Å². The first kappa shape index (κ1) is 9.52. The Balaban J connectivity index is 2.63. The number of rotatable bonds is 2. The van der Waals surface area contributed by atoms with Gasteiger partial charge in [-0.3, -0.25) is 5.10 Å². The fourth-order valence-electron chi connectivity index (χ4n) is 1.59. The predicted molar refractivity (Wildman–Crippen MR) is 62.2 cm³/mol. The van der Waals surface area contributed by atoms with Gasteiger partial charge in [-0.15, -0.1) is 0 Å². The monoisotopic (exact) mass is 253 g/mol. The highest BCUT2D eigenvalue weighted by Crippen LogP contribution is 2.27. The second-order valence-corrected chi connectivity index (χ2v) is 4.21. The Hall–Kier alpha value is -1.03. The summed E-state index contributed by atoms with van der Waals surface area (Å²) in [6.45, 7) is 2.16. The zero-order chi connectivity index (χ0) is 10.1. The normalized spacial score (nSPS) is 11.0. The van der Waals surface area contributed by atoms with E-state index in [1.807, 2.05) is 0 Å². The maximum absolute atomic E-state index is 5.75. The second-order valence-electron chi connectivity index (χ2n) is 3.36. The number of hydrogen-bond donors (Lipinski definition) is 2. The number of nitrogens with two attached hydrogens (primary N) is 1. The van der Waals surface area contributed by atoms with Crippen molar-refractivity contribution >= 4 is 32.7 Å². The molecule has 14 heavy (non-hydrogen) atoms. The maximum atomic E-state index is 5.75. The molecule has 0 saturated heterocycles. The van der Waals surface area contributed by atoms with Gasteiger partial charge >= 0.3 is 0 Å². The molecule has 0 fully saturated rings. The summed E-state index contributed by atoms with van der Waals surface area (Å²) in [5, 5.41) is 7.89. The molecular formula is C10H12BrN3. The van der Waals surface area contributed by atoms with Crippen molar-refractivity contribution in [3.05, 3.63) is 22.2 Å². The lowest BCUT2D eigenvalue weighted by atomic mass is 10.1. The predicted octanol–water partition coefficient (Wildman–Crippen LogP) is 2.86. The summed E-state index contributed by atoms with van der Waals surface area (Å²) in [7, 11) is 0. The minimum Gasteiger partial charge on any atom is -0.382 e. The zero-order valence-corrected chi connectivity index (χ0v) is 9.56. The molecule has 0 amide bonds. The molecule has 0 spiro atoms. The Labute approximate surface area is 90.8 Å². The van der Waals surface area contributed by atoms with Crippen LogP contribution in [-0.4, -0.2) is 10.2 Å². The highest BCUT2D eigenvalue weighted by Gasteiger charge is 2.07. The number of benzene rings is 1. The van der Waals surface area contributed by atoms with Crippen LogP contribution < -0.4 is 5.73 Å². The van der Waals surface area contributed by atoms with E-state index in [0.29, 0.717) is 5.82 Å². The number of nitrogens with one attached hydrogen (secondary N) is 1. The number of aromatic nitrogens is 2. The van der Waals surface area contributed by atoms with E-state index >= 15 is 0 Å². The Morgan fingerprint density at radius 2 is 2.29 bits per heavy atom. The van der Waals surface area contributed by atoms with Crippen LogP contribution in [0.5, 0.6) is 0 Å². The van der Waals surface area contributed by atoms with Gasteiger partial charge in [-0.25, -0.2) is 0 Å². The number of nitrogen functional groups attached to an aromatic ring is 1. The Kier molecular flexibility index (Phi) is 2.46. The van der Waals surface area contributed by atoms with E-state index in [1.165, 1.54) is 5.56 Å². The molecule has 0 aliphatic heterocycles. The van der Waals surface area contributed by atoms with Crippen molar-refractivity contribution in [3.8, 4) is 0 Å². The third kappa shape index (κ3) is 1.50. The molecule has 2 aromatic rings. The quantitative estimate of drug-likeness (QED) is 0.865. The molecule has 0 saturated carbocycles. The van der Waals surface area contributed by atoms with Gasteiger partial charge in [0.25, 0.3) is 0 Å². The van der Waals surface area contributed by atoms with Gasteiger partial charge in [0.2, 0.25) is 0 Å². The van der Waals surface area contributed by atoms with E-state index in [1.54, 1.807) is 0 Å². The van der Waals surface area contributed by atoms with E-state index in [0.717, 1.165) is 28.2 Å². The van der Waals surface area contributed by atoms with Gasteiger partial charge in [0, 0.05) is 9.86 Å². The van der Waals surface area contributed by atoms with Crippen LogP contribution in [-0.2, 0) is 6.42 Å². The van der Waals surface area contributed by atoms with Crippen LogP contribution in [0.4, 0.5) is 5.82 Å². The molecule has 1 aromatic heterocycles. The van der Waals surface area contributed by atoms with Gasteiger partial charge in [0.1, 0.15) is 0 Å². The van der Waals surface area contributed by atoms with Crippen LogP contribution >= 0.6 is 15.9 Å². The molecule has 0 bridgehead atoms. The first-order valence-corrected chi connectivity index (χ1v) is 5.43. The second kappa shape index (κ2) is 3.61. The molecule has 3 N–H and O–H groups in total. The van der Waals surface area contributed by atoms with Crippen molar-refractivity contribution in [3.63, 3.8) is 0 Å². The van der Waals surface area contributed by atoms with Gasteiger partial charge in [-0.1, -0.05) is 13.3 Å². The van der Waals surface area contributed by atoms with E-state index in [9.17, 15) is 0 Å². The molecule has 0 atom stereocenters. The summed E-state index contributed by atoms with van der Waals surface area (Å²) in [6.07, 6.45) is 2.20. The molecule has 74 valence electrons. The highest BCUT2D eigenvalue weighted by molar-refractivity contribution is 9.10. The maximum Gasteiger partial charge on any atom is 0.153 e. The van der Waals surface area contributed by atoms with Gasteiger partial charge < -0.3 is 5.73 Å². The van der Waals surface area contributed by atoms with Gasteiger partial charge in [0.05, 0.1) is 5.52 Å². The SMILES string of the molecule is CCCc1cc(Br)c2[nH]nc(N)c2c1. The molecule has 3 nitrogen and oxygen atoms in total. The van der Waals surface area contributed by atoms with Crippen molar-refractivity contribution in [1.82, 2.24) is 10.2 Å². The minimum atomic E-state index is 0.568. The lowest BCUT2D eigenvalue weighted by Crippen LogP contribution is -1.86. The van der Waals surface area contributed by atoms with Crippen LogP contribution in [0, 0.1) is 0 Å². The molecule has 0 aliphatic rings. The molecule has 1 heterocycles. The minimum absolute atomic E-state index is 0.568. The topological polar surface area (TPSA) is 54.7 Å². The summed E-state index contributed by atoms with van der Waals surface area (Å²) >= 11 is 3.50. The summed E-state index contributed by atoms with van der Waals surface area (Å²) < 4.78 is 1.03. The fraction of sp³-hybridized carbons (Fsp3) is 0.300. The van der Waals surface area contributed by atoms with Gasteiger partial charge in [-0.05, 0) is 40.0 Å². The lowest BCUT2D eigenvalue weighted by Gasteiger charge is -2.01. The van der Waals surface area contributed by atoms with E-state index in [4.69, 9.17) is 5.73 Å². The number of aryl methyl sites for hydroxylation is 1. The van der Waals surface area contributed by atoms with E-state index in [-0.39, 0.29) is 0 Å². The third-order valence-electron chi connectivity index (χ3n) is 2.25. The fourth-order valence-corrected chi connectivity index (χ4v) is 2.18. The molecule has 2 rings (SSSR count). The van der Waals surface area contributed by atoms with Crippen LogP contribution in [0.3, 0.4) is 0 Å². The number of hydrogen-bond acceptors (Lipinski definition) is 2. The molecule has 1 aromatic carbocycles. The largest absolute Gasteiger partial charge is 0.382 e. The van der Waals surface area contributed by atoms with Crippen molar-refractivity contribution in [1.29, 1.82) is 0 Å². The van der Waals surface area contributed by atoms with Crippen molar-refractivity contribution in [2.45, 2.75) is 19.8 Å². The van der Waals surface area contributed by atoms with Crippen molar-refractivity contribution in [2.75, 3.05) is 5.73 Å². The van der Waals surface area contributed by atoms with Crippen molar-refractivity contribution < 1.29 is 0 Å². The van der Waals surface area contributed by atoms with Crippen molar-refractivity contribution in [2.24, 2.45) is 0 Å². The lowest BCUT2D eigenvalue weighted by molar-refractivity contribution is 0.923. The summed E-state index contributed by atoms with van der Waals surface area (Å²) in [5.74, 6) is 0.568. The average molecular weight is 254 g/mol. The van der Waals surface area contributed by atoms with Crippen LogP contribution in [0.15, 0.2) is 16.6 Å². The van der Waals surface area contributed by atoms with Crippen LogP contribution in [0.25, 0.3) is 10.9 Å². The molecule has 4 heteroatoms. The Bertz CT molecular complexity index is 462. The summed E-state index contributed by atoms with van der Waals surface area (Å²) in [5.41, 5.74) is 8.01. The smallest absolute Gasteiger partial charge is 0.153 e. The molecule has 0 aliphatic carbocycles.